The van der Waals surface area contributed by atoms with Crippen LogP contribution in [0.4, 0.5) is 5.69 Å². The number of esters is 1. The highest BCUT2D eigenvalue weighted by Gasteiger charge is 2.12. The van der Waals surface area contributed by atoms with Crippen LogP contribution in [0.2, 0.25) is 0 Å². The number of anilines is 1. The van der Waals surface area contributed by atoms with Crippen molar-refractivity contribution >= 4 is 28.9 Å². The first-order valence-corrected chi connectivity index (χ1v) is 10.1. The Kier molecular flexibility index (Phi) is 6.97. The predicted octanol–water partition coefficient (Wildman–Crippen LogP) is 4.39. The van der Waals surface area contributed by atoms with E-state index in [2.05, 4.69) is 10.3 Å². The monoisotopic (exact) mass is 410 g/mol. The minimum atomic E-state index is -0.431. The van der Waals surface area contributed by atoms with E-state index < -0.39 is 5.97 Å². The molecule has 1 N–H and O–H groups in total. The second-order valence-electron chi connectivity index (χ2n) is 6.31. The average Bonchev–Trinajstić information content (AvgIpc) is 3.16. The number of ether oxygens (including phenoxy) is 2. The summed E-state index contributed by atoms with van der Waals surface area (Å²) in [5.41, 5.74) is 2.86. The topological polar surface area (TPSA) is 77.5 Å². The Morgan fingerprint density at radius 3 is 2.59 bits per heavy atom. The second-order valence-corrected chi connectivity index (χ2v) is 7.25. The quantitative estimate of drug-likeness (QED) is 0.558. The number of carbonyl (C=O) groups excluding carboxylic acids is 2. The third-order valence-electron chi connectivity index (χ3n) is 4.08. The Balaban J connectivity index is 1.50. The molecule has 1 heterocycles. The van der Waals surface area contributed by atoms with Gasteiger partial charge in [0.1, 0.15) is 17.4 Å². The molecule has 0 saturated heterocycles. The summed E-state index contributed by atoms with van der Waals surface area (Å²) in [7, 11) is 0. The van der Waals surface area contributed by atoms with Gasteiger partial charge in [-0.15, -0.1) is 11.3 Å². The SMILES string of the molecule is CCOc1ccc(C(=O)OCc2csc(CC(=O)Nc3ccccc3C)n2)cc1. The Morgan fingerprint density at radius 1 is 1.10 bits per heavy atom. The highest BCUT2D eigenvalue weighted by Crippen LogP contribution is 2.17. The van der Waals surface area contributed by atoms with Crippen molar-refractivity contribution in [2.75, 3.05) is 11.9 Å². The van der Waals surface area contributed by atoms with E-state index in [1.807, 2.05) is 38.1 Å². The molecule has 2 aromatic carbocycles. The van der Waals surface area contributed by atoms with Gasteiger partial charge in [-0.3, -0.25) is 4.79 Å². The number of aromatic nitrogens is 1. The van der Waals surface area contributed by atoms with E-state index in [-0.39, 0.29) is 18.9 Å². The van der Waals surface area contributed by atoms with Crippen LogP contribution in [0.25, 0.3) is 0 Å². The predicted molar refractivity (Wildman–Crippen MR) is 112 cm³/mol. The Labute approximate surface area is 173 Å². The fourth-order valence-electron chi connectivity index (χ4n) is 2.62. The molecule has 0 fully saturated rings. The van der Waals surface area contributed by atoms with Crippen LogP contribution in [0.3, 0.4) is 0 Å². The summed E-state index contributed by atoms with van der Waals surface area (Å²) in [6.07, 6.45) is 0.172. The molecular formula is C22H22N2O4S. The van der Waals surface area contributed by atoms with Crippen LogP contribution < -0.4 is 10.1 Å². The first-order chi connectivity index (χ1) is 14.0. The molecule has 29 heavy (non-hydrogen) atoms. The van der Waals surface area contributed by atoms with Crippen molar-refractivity contribution in [1.82, 2.24) is 4.98 Å². The summed E-state index contributed by atoms with van der Waals surface area (Å²) in [4.78, 5) is 28.8. The number of carbonyl (C=O) groups is 2. The lowest BCUT2D eigenvalue weighted by Gasteiger charge is -2.06. The maximum Gasteiger partial charge on any atom is 0.338 e. The number of aryl methyl sites for hydroxylation is 1. The Bertz CT molecular complexity index is 982. The van der Waals surface area contributed by atoms with Crippen molar-refractivity contribution in [2.24, 2.45) is 0 Å². The standard InChI is InChI=1S/C22H22N2O4S/c1-3-27-18-10-8-16(9-11-18)22(26)28-13-17-14-29-21(23-17)12-20(25)24-19-7-5-4-6-15(19)2/h4-11,14H,3,12-13H2,1-2H3,(H,24,25). The second kappa shape index (κ2) is 9.84. The van der Waals surface area contributed by atoms with Crippen LogP contribution >= 0.6 is 11.3 Å². The molecule has 0 aliphatic heterocycles. The van der Waals surface area contributed by atoms with E-state index in [1.165, 1.54) is 11.3 Å². The van der Waals surface area contributed by atoms with Gasteiger partial charge in [-0.05, 0) is 49.7 Å². The highest BCUT2D eigenvalue weighted by molar-refractivity contribution is 7.09. The van der Waals surface area contributed by atoms with Gasteiger partial charge in [0, 0.05) is 11.1 Å². The van der Waals surface area contributed by atoms with Gasteiger partial charge in [-0.2, -0.15) is 0 Å². The van der Waals surface area contributed by atoms with Gasteiger partial charge >= 0.3 is 5.97 Å². The van der Waals surface area contributed by atoms with Gasteiger partial charge in [-0.25, -0.2) is 9.78 Å². The largest absolute Gasteiger partial charge is 0.494 e. The molecule has 7 heteroatoms. The average molecular weight is 410 g/mol. The van der Waals surface area contributed by atoms with Crippen LogP contribution in [-0.2, 0) is 22.6 Å². The fourth-order valence-corrected chi connectivity index (χ4v) is 3.40. The molecule has 0 atom stereocenters. The summed E-state index contributed by atoms with van der Waals surface area (Å²) in [6, 6.07) is 14.4. The molecule has 6 nitrogen and oxygen atoms in total. The number of hydrogen-bond donors (Lipinski definition) is 1. The third kappa shape index (κ3) is 5.89. The maximum atomic E-state index is 12.2. The molecular weight excluding hydrogens is 388 g/mol. The zero-order valence-corrected chi connectivity index (χ0v) is 17.1. The molecule has 150 valence electrons. The maximum absolute atomic E-state index is 12.2. The lowest BCUT2D eigenvalue weighted by molar-refractivity contribution is -0.115. The Hall–Kier alpha value is -3.19. The number of nitrogens with zero attached hydrogens (tertiary/aromatic N) is 1. The number of benzene rings is 2. The molecule has 0 bridgehead atoms. The normalized spacial score (nSPS) is 10.4. The van der Waals surface area contributed by atoms with Crippen LogP contribution in [0.15, 0.2) is 53.9 Å². The minimum absolute atomic E-state index is 0.0575. The summed E-state index contributed by atoms with van der Waals surface area (Å²) < 4.78 is 10.7. The van der Waals surface area contributed by atoms with Crippen molar-refractivity contribution in [2.45, 2.75) is 26.9 Å². The zero-order chi connectivity index (χ0) is 20.6. The van der Waals surface area contributed by atoms with Crippen molar-refractivity contribution in [3.8, 4) is 5.75 Å². The number of para-hydroxylation sites is 1. The fraction of sp³-hybridized carbons (Fsp3) is 0.227. The van der Waals surface area contributed by atoms with Crippen LogP contribution in [0.5, 0.6) is 5.75 Å². The smallest absolute Gasteiger partial charge is 0.338 e. The lowest BCUT2D eigenvalue weighted by Crippen LogP contribution is -2.15. The number of nitrogens with one attached hydrogen (secondary N) is 1. The molecule has 1 aromatic heterocycles. The van der Waals surface area contributed by atoms with Crippen molar-refractivity contribution in [3.63, 3.8) is 0 Å². The Morgan fingerprint density at radius 2 is 1.86 bits per heavy atom. The lowest BCUT2D eigenvalue weighted by atomic mass is 10.2. The number of hydrogen-bond acceptors (Lipinski definition) is 6. The molecule has 3 rings (SSSR count). The highest BCUT2D eigenvalue weighted by atomic mass is 32.1. The van der Waals surface area contributed by atoms with E-state index in [0.29, 0.717) is 28.6 Å². The minimum Gasteiger partial charge on any atom is -0.494 e. The molecule has 1 amide bonds. The summed E-state index contributed by atoms with van der Waals surface area (Å²) in [5.74, 6) is 0.142. The number of thiazole rings is 1. The summed E-state index contributed by atoms with van der Waals surface area (Å²) >= 11 is 1.37. The molecule has 0 unspecified atom stereocenters. The van der Waals surface area contributed by atoms with Gasteiger partial charge in [-0.1, -0.05) is 18.2 Å². The molecule has 3 aromatic rings. The van der Waals surface area contributed by atoms with Crippen LogP contribution in [-0.4, -0.2) is 23.5 Å². The number of rotatable bonds is 8. The van der Waals surface area contributed by atoms with Gasteiger partial charge in [0.2, 0.25) is 5.91 Å². The van der Waals surface area contributed by atoms with Crippen molar-refractivity contribution < 1.29 is 19.1 Å². The van der Waals surface area contributed by atoms with Gasteiger partial charge in [0.25, 0.3) is 0 Å². The van der Waals surface area contributed by atoms with E-state index in [0.717, 1.165) is 11.3 Å². The molecule has 0 aliphatic carbocycles. The number of amides is 1. The van der Waals surface area contributed by atoms with Crippen LogP contribution in [0, 0.1) is 6.92 Å². The zero-order valence-electron chi connectivity index (χ0n) is 16.3. The van der Waals surface area contributed by atoms with Crippen molar-refractivity contribution in [3.05, 3.63) is 75.7 Å². The van der Waals surface area contributed by atoms with Gasteiger partial charge in [0.15, 0.2) is 0 Å². The van der Waals surface area contributed by atoms with E-state index in [9.17, 15) is 9.59 Å². The van der Waals surface area contributed by atoms with Gasteiger partial charge in [0.05, 0.1) is 24.3 Å². The third-order valence-corrected chi connectivity index (χ3v) is 4.98. The first kappa shape index (κ1) is 20.5. The first-order valence-electron chi connectivity index (χ1n) is 9.24. The van der Waals surface area contributed by atoms with E-state index in [4.69, 9.17) is 9.47 Å². The van der Waals surface area contributed by atoms with Crippen molar-refractivity contribution in [1.29, 1.82) is 0 Å². The molecule has 0 radical (unpaired) electrons. The summed E-state index contributed by atoms with van der Waals surface area (Å²) in [6.45, 7) is 4.47. The van der Waals surface area contributed by atoms with Gasteiger partial charge < -0.3 is 14.8 Å². The molecule has 0 saturated carbocycles. The van der Waals surface area contributed by atoms with Crippen LogP contribution in [0.1, 0.15) is 33.5 Å². The van der Waals surface area contributed by atoms with E-state index >= 15 is 0 Å². The summed E-state index contributed by atoms with van der Waals surface area (Å²) in [5, 5.41) is 5.35. The molecule has 0 aliphatic rings. The van der Waals surface area contributed by atoms with E-state index in [1.54, 1.807) is 29.6 Å². The molecule has 0 spiro atoms.